The van der Waals surface area contributed by atoms with Crippen molar-refractivity contribution in [3.05, 3.63) is 29.8 Å². The van der Waals surface area contributed by atoms with Crippen molar-refractivity contribution < 1.29 is 14.4 Å². The highest BCUT2D eigenvalue weighted by Gasteiger charge is 2.22. The Balaban J connectivity index is 2.13. The minimum atomic E-state index is -0.473. The summed E-state index contributed by atoms with van der Waals surface area (Å²) in [5, 5.41) is 6.81. The van der Waals surface area contributed by atoms with Crippen LogP contribution in [0, 0.1) is 5.92 Å². The van der Waals surface area contributed by atoms with Gasteiger partial charge in [-0.05, 0) is 30.5 Å². The van der Waals surface area contributed by atoms with Gasteiger partial charge in [-0.25, -0.2) is 4.79 Å². The van der Waals surface area contributed by atoms with E-state index in [1.54, 1.807) is 7.11 Å². The van der Waals surface area contributed by atoms with Crippen molar-refractivity contribution in [3.63, 3.8) is 0 Å². The first kappa shape index (κ1) is 14.4. The maximum absolute atomic E-state index is 11.1. The van der Waals surface area contributed by atoms with Crippen LogP contribution in [0.3, 0.4) is 0 Å². The molecule has 0 radical (unpaired) electrons. The van der Waals surface area contributed by atoms with Crippen LogP contribution in [0.1, 0.15) is 31.2 Å². The number of carbonyl (C=O) groups is 1. The zero-order chi connectivity index (χ0) is 14.4. The smallest absolute Gasteiger partial charge is 0.411 e. The predicted molar refractivity (Wildman–Crippen MR) is 78.0 cm³/mol. The van der Waals surface area contributed by atoms with Gasteiger partial charge in [0, 0.05) is 11.6 Å². The van der Waals surface area contributed by atoms with E-state index < -0.39 is 6.09 Å². The molecular weight excluding hydrogens is 256 g/mol. The Bertz CT molecular complexity index is 476. The molecule has 2 rings (SSSR count). The summed E-state index contributed by atoms with van der Waals surface area (Å²) in [5.41, 5.74) is 2.73. The van der Waals surface area contributed by atoms with Gasteiger partial charge in [0.05, 0.1) is 12.8 Å². The highest BCUT2D eigenvalue weighted by atomic mass is 16.6. The average molecular weight is 276 g/mol. The molecule has 5 heteroatoms. The van der Waals surface area contributed by atoms with Gasteiger partial charge in [-0.3, -0.25) is 5.32 Å². The van der Waals surface area contributed by atoms with Crippen LogP contribution in [0.15, 0.2) is 29.4 Å². The van der Waals surface area contributed by atoms with Gasteiger partial charge in [0.25, 0.3) is 0 Å². The van der Waals surface area contributed by atoms with Crippen LogP contribution in [-0.4, -0.2) is 26.0 Å². The van der Waals surface area contributed by atoms with E-state index in [4.69, 9.17) is 4.84 Å². The van der Waals surface area contributed by atoms with Crippen LogP contribution in [0.2, 0.25) is 0 Å². The zero-order valence-corrected chi connectivity index (χ0v) is 11.9. The van der Waals surface area contributed by atoms with Crippen molar-refractivity contribution in [1.29, 1.82) is 0 Å². The summed E-state index contributed by atoms with van der Waals surface area (Å²) in [6.07, 6.45) is 4.33. The topological polar surface area (TPSA) is 59.9 Å². The molecule has 0 aliphatic heterocycles. The number of hydrogen-bond donors (Lipinski definition) is 1. The Labute approximate surface area is 118 Å². The lowest BCUT2D eigenvalue weighted by atomic mass is 9.95. The van der Waals surface area contributed by atoms with Crippen molar-refractivity contribution in [2.75, 3.05) is 19.5 Å². The van der Waals surface area contributed by atoms with Gasteiger partial charge in [0.2, 0.25) is 0 Å². The molecule has 1 aliphatic carbocycles. The minimum Gasteiger partial charge on any atom is -0.453 e. The summed E-state index contributed by atoms with van der Waals surface area (Å²) in [6.45, 7) is 0. The number of carbonyl (C=O) groups excluding carboxylic acids is 1. The first-order chi connectivity index (χ1) is 9.74. The molecular formula is C15H20N2O3. The van der Waals surface area contributed by atoms with Crippen molar-refractivity contribution in [1.82, 2.24) is 0 Å². The number of nitrogens with one attached hydrogen (secondary N) is 1. The monoisotopic (exact) mass is 276 g/mol. The fourth-order valence-corrected chi connectivity index (χ4v) is 2.55. The van der Waals surface area contributed by atoms with E-state index in [0.29, 0.717) is 11.6 Å². The number of benzene rings is 1. The largest absolute Gasteiger partial charge is 0.453 e. The number of anilines is 1. The van der Waals surface area contributed by atoms with Crippen molar-refractivity contribution in [3.8, 4) is 0 Å². The van der Waals surface area contributed by atoms with E-state index >= 15 is 0 Å². The lowest BCUT2D eigenvalue weighted by Gasteiger charge is -2.13. The third-order valence-corrected chi connectivity index (χ3v) is 3.54. The molecule has 0 saturated heterocycles. The van der Waals surface area contributed by atoms with Crippen molar-refractivity contribution in [2.45, 2.75) is 25.7 Å². The third kappa shape index (κ3) is 3.50. The predicted octanol–water partition coefficient (Wildman–Crippen LogP) is 3.41. The number of nitrogens with zero attached hydrogens (tertiary/aromatic N) is 1. The van der Waals surface area contributed by atoms with E-state index in [1.807, 2.05) is 24.3 Å². The highest BCUT2D eigenvalue weighted by molar-refractivity contribution is 6.02. The number of amides is 1. The fourth-order valence-electron chi connectivity index (χ4n) is 2.55. The van der Waals surface area contributed by atoms with Gasteiger partial charge in [0.1, 0.15) is 7.11 Å². The summed E-state index contributed by atoms with van der Waals surface area (Å²) in [6, 6.07) is 7.57. The van der Waals surface area contributed by atoms with E-state index in [-0.39, 0.29) is 0 Å². The standard InChI is InChI=1S/C15H20N2O3/c1-19-15(18)16-13-9-7-12(8-10-13)14(17-20-2)11-5-3-4-6-11/h7-11H,3-6H2,1-2H3,(H,16,18)/b17-14-. The second kappa shape index (κ2) is 6.93. The number of oxime groups is 1. The quantitative estimate of drug-likeness (QED) is 0.677. The summed E-state index contributed by atoms with van der Waals surface area (Å²) in [5.74, 6) is 0.467. The van der Waals surface area contributed by atoms with E-state index in [1.165, 1.54) is 20.0 Å². The van der Waals surface area contributed by atoms with Crippen molar-refractivity contribution in [2.24, 2.45) is 11.1 Å². The van der Waals surface area contributed by atoms with E-state index in [0.717, 1.165) is 24.1 Å². The third-order valence-electron chi connectivity index (χ3n) is 3.54. The lowest BCUT2D eigenvalue weighted by molar-refractivity contribution is 0.187. The van der Waals surface area contributed by atoms with Gasteiger partial charge in [-0.2, -0.15) is 0 Å². The van der Waals surface area contributed by atoms with Crippen LogP contribution in [0.4, 0.5) is 10.5 Å². The Morgan fingerprint density at radius 2 is 1.85 bits per heavy atom. The maximum Gasteiger partial charge on any atom is 0.411 e. The molecule has 1 amide bonds. The van der Waals surface area contributed by atoms with Crippen molar-refractivity contribution >= 4 is 17.5 Å². The zero-order valence-electron chi connectivity index (χ0n) is 11.9. The molecule has 0 aromatic heterocycles. The minimum absolute atomic E-state index is 0.467. The van der Waals surface area contributed by atoms with Gasteiger partial charge >= 0.3 is 6.09 Å². The van der Waals surface area contributed by atoms with Crippen LogP contribution in [-0.2, 0) is 9.57 Å². The normalized spacial score (nSPS) is 16.0. The Kier molecular flexibility index (Phi) is 4.98. The van der Waals surface area contributed by atoms with Gasteiger partial charge < -0.3 is 9.57 Å². The lowest BCUT2D eigenvalue weighted by Crippen LogP contribution is -2.14. The molecule has 1 fully saturated rings. The first-order valence-electron chi connectivity index (χ1n) is 6.81. The summed E-state index contributed by atoms with van der Waals surface area (Å²) >= 11 is 0. The van der Waals surface area contributed by atoms with Gasteiger partial charge in [-0.15, -0.1) is 0 Å². The average Bonchev–Trinajstić information content (AvgIpc) is 2.99. The second-order valence-corrected chi connectivity index (χ2v) is 4.83. The second-order valence-electron chi connectivity index (χ2n) is 4.83. The molecule has 1 aliphatic rings. The molecule has 1 N–H and O–H groups in total. The molecule has 1 aromatic rings. The molecule has 0 bridgehead atoms. The molecule has 0 atom stereocenters. The number of ether oxygens (including phenoxy) is 1. The SMILES string of the molecule is CO/N=C(\c1ccc(NC(=O)OC)cc1)C1CCCC1. The van der Waals surface area contributed by atoms with Crippen LogP contribution in [0.5, 0.6) is 0 Å². The molecule has 0 heterocycles. The summed E-state index contributed by atoms with van der Waals surface area (Å²) in [4.78, 5) is 16.1. The molecule has 5 nitrogen and oxygen atoms in total. The van der Waals surface area contributed by atoms with Crippen LogP contribution >= 0.6 is 0 Å². The molecule has 108 valence electrons. The first-order valence-corrected chi connectivity index (χ1v) is 6.81. The molecule has 0 unspecified atom stereocenters. The highest BCUT2D eigenvalue weighted by Crippen LogP contribution is 2.29. The maximum atomic E-state index is 11.1. The van der Waals surface area contributed by atoms with Crippen LogP contribution < -0.4 is 5.32 Å². The fraction of sp³-hybridized carbons (Fsp3) is 0.467. The number of rotatable bonds is 4. The molecule has 20 heavy (non-hydrogen) atoms. The number of methoxy groups -OCH3 is 1. The summed E-state index contributed by atoms with van der Waals surface area (Å²) < 4.78 is 4.56. The van der Waals surface area contributed by atoms with Gasteiger partial charge in [0.15, 0.2) is 0 Å². The summed E-state index contributed by atoms with van der Waals surface area (Å²) in [7, 11) is 2.91. The molecule has 0 spiro atoms. The Morgan fingerprint density at radius 1 is 1.20 bits per heavy atom. The van der Waals surface area contributed by atoms with Crippen LogP contribution in [0.25, 0.3) is 0 Å². The number of hydrogen-bond acceptors (Lipinski definition) is 4. The van der Waals surface area contributed by atoms with E-state index in [9.17, 15) is 4.79 Å². The van der Waals surface area contributed by atoms with E-state index in [2.05, 4.69) is 15.2 Å². The Hall–Kier alpha value is -2.04. The molecule has 1 saturated carbocycles. The molecule has 1 aromatic carbocycles. The Morgan fingerprint density at radius 3 is 2.40 bits per heavy atom. The van der Waals surface area contributed by atoms with Gasteiger partial charge in [-0.1, -0.05) is 30.1 Å².